The molecule has 3 aromatic rings. The highest BCUT2D eigenvalue weighted by atomic mass is 35.5. The molecule has 0 spiro atoms. The smallest absolute Gasteiger partial charge is 0.293 e. The van der Waals surface area contributed by atoms with Gasteiger partial charge in [0.2, 0.25) is 0 Å². The second kappa shape index (κ2) is 12.0. The number of carbonyl (C=O) groups is 2. The molecule has 0 N–H and O–H groups in total. The number of ether oxygens (including phenoxy) is 2. The van der Waals surface area contributed by atoms with Gasteiger partial charge in [-0.2, -0.15) is 0 Å². The predicted octanol–water partition coefficient (Wildman–Crippen LogP) is 6.99. The van der Waals surface area contributed by atoms with Crippen molar-refractivity contribution < 1.29 is 19.1 Å². The molecular weight excluding hydrogens is 482 g/mol. The quantitative estimate of drug-likeness (QED) is 0.277. The Kier molecular flexibility index (Phi) is 8.50. The Hall–Kier alpha value is -3.22. The van der Waals surface area contributed by atoms with E-state index in [2.05, 4.69) is 0 Å². The molecule has 3 aromatic carbocycles. The van der Waals surface area contributed by atoms with Gasteiger partial charge in [0, 0.05) is 6.54 Å². The summed E-state index contributed by atoms with van der Waals surface area (Å²) in [6.07, 6.45) is 3.19. The van der Waals surface area contributed by atoms with Crippen LogP contribution < -0.4 is 9.47 Å². The minimum atomic E-state index is -0.286. The van der Waals surface area contributed by atoms with Crippen molar-refractivity contribution in [2.45, 2.75) is 26.4 Å². The lowest BCUT2D eigenvalue weighted by atomic mass is 10.1. The van der Waals surface area contributed by atoms with Crippen LogP contribution in [0.3, 0.4) is 0 Å². The van der Waals surface area contributed by atoms with E-state index in [0.29, 0.717) is 53.2 Å². The first kappa shape index (κ1) is 24.9. The normalized spacial score (nSPS) is 14.6. The zero-order valence-corrected chi connectivity index (χ0v) is 21.0. The molecule has 7 heteroatoms. The van der Waals surface area contributed by atoms with Crippen molar-refractivity contribution in [1.82, 2.24) is 4.90 Å². The third kappa shape index (κ3) is 6.47. The second-order valence-electron chi connectivity index (χ2n) is 7.96. The van der Waals surface area contributed by atoms with Crippen molar-refractivity contribution in [3.05, 3.63) is 99.4 Å². The Bertz CT molecular complexity index is 1210. The number of nitrogens with zero attached hydrogens (tertiary/aromatic N) is 1. The zero-order valence-electron chi connectivity index (χ0n) is 19.4. The molecule has 0 aliphatic carbocycles. The van der Waals surface area contributed by atoms with E-state index in [4.69, 9.17) is 21.1 Å². The summed E-state index contributed by atoms with van der Waals surface area (Å²) in [7, 11) is 0. The van der Waals surface area contributed by atoms with Crippen LogP contribution in [0.25, 0.3) is 6.08 Å². The van der Waals surface area contributed by atoms with Crippen LogP contribution in [-0.2, 0) is 17.8 Å². The molecule has 0 unspecified atom stereocenters. The minimum Gasteiger partial charge on any atom is -0.490 e. The van der Waals surface area contributed by atoms with Crippen molar-refractivity contribution in [3.8, 4) is 11.5 Å². The molecule has 1 aliphatic rings. The molecule has 35 heavy (non-hydrogen) atoms. The van der Waals surface area contributed by atoms with Gasteiger partial charge in [-0.1, -0.05) is 72.3 Å². The fraction of sp³-hybridized carbons (Fsp3) is 0.214. The molecule has 0 aromatic heterocycles. The summed E-state index contributed by atoms with van der Waals surface area (Å²) in [5, 5.41) is 0.119. The summed E-state index contributed by atoms with van der Waals surface area (Å²) < 4.78 is 11.7. The van der Waals surface area contributed by atoms with Gasteiger partial charge in [0.1, 0.15) is 6.61 Å². The van der Waals surface area contributed by atoms with Gasteiger partial charge in [-0.05, 0) is 66.4 Å². The van der Waals surface area contributed by atoms with Gasteiger partial charge in [-0.3, -0.25) is 14.5 Å². The molecule has 1 fully saturated rings. The fourth-order valence-electron chi connectivity index (χ4n) is 3.73. The van der Waals surface area contributed by atoms with Gasteiger partial charge in [0.05, 0.1) is 16.5 Å². The lowest BCUT2D eigenvalue weighted by Crippen LogP contribution is -2.29. The van der Waals surface area contributed by atoms with Crippen molar-refractivity contribution >= 4 is 40.6 Å². The molecule has 5 nitrogen and oxygen atoms in total. The summed E-state index contributed by atoms with van der Waals surface area (Å²) >= 11 is 7.48. The summed E-state index contributed by atoms with van der Waals surface area (Å²) in [6.45, 7) is 3.04. The van der Waals surface area contributed by atoms with Crippen molar-refractivity contribution in [3.63, 3.8) is 0 Å². The number of amides is 2. The Morgan fingerprint density at radius 3 is 2.31 bits per heavy atom. The number of thioether (sulfide) groups is 1. The van der Waals surface area contributed by atoms with E-state index in [1.807, 2.05) is 67.6 Å². The lowest BCUT2D eigenvalue weighted by Gasteiger charge is -2.15. The monoisotopic (exact) mass is 507 g/mol. The van der Waals surface area contributed by atoms with Gasteiger partial charge >= 0.3 is 0 Å². The Labute approximate surface area is 214 Å². The molecule has 0 radical (unpaired) electrons. The van der Waals surface area contributed by atoms with E-state index in [0.717, 1.165) is 23.7 Å². The van der Waals surface area contributed by atoms with E-state index in [-0.39, 0.29) is 11.1 Å². The van der Waals surface area contributed by atoms with Crippen LogP contribution in [0.15, 0.2) is 77.7 Å². The number of aryl methyl sites for hydroxylation is 1. The first-order valence-corrected chi connectivity index (χ1v) is 12.7. The maximum absolute atomic E-state index is 12.9. The number of halogens is 1. The highest BCUT2D eigenvalue weighted by Crippen LogP contribution is 2.39. The van der Waals surface area contributed by atoms with E-state index in [1.54, 1.807) is 18.2 Å². The lowest BCUT2D eigenvalue weighted by molar-refractivity contribution is -0.122. The molecule has 4 rings (SSSR count). The van der Waals surface area contributed by atoms with Crippen LogP contribution in [-0.4, -0.2) is 29.2 Å². The van der Waals surface area contributed by atoms with Crippen LogP contribution in [0.5, 0.6) is 11.5 Å². The van der Waals surface area contributed by atoms with Gasteiger partial charge in [-0.15, -0.1) is 0 Å². The summed E-state index contributed by atoms with van der Waals surface area (Å²) in [4.78, 5) is 27.1. The van der Waals surface area contributed by atoms with Crippen LogP contribution in [0.1, 0.15) is 30.0 Å². The molecule has 2 amide bonds. The van der Waals surface area contributed by atoms with Crippen molar-refractivity contribution in [2.75, 3.05) is 13.2 Å². The predicted molar refractivity (Wildman–Crippen MR) is 141 cm³/mol. The van der Waals surface area contributed by atoms with Crippen LogP contribution >= 0.6 is 23.4 Å². The van der Waals surface area contributed by atoms with Crippen LogP contribution in [0, 0.1) is 0 Å². The number of imide groups is 1. The SMILES string of the molecule is CCOc1cc(/C=C2/SC(=O)N(CCCc3ccccc3)C2=O)cc(Cl)c1OCc1ccccc1. The van der Waals surface area contributed by atoms with Gasteiger partial charge < -0.3 is 9.47 Å². The first-order chi connectivity index (χ1) is 17.0. The standard InChI is InChI=1S/C28H26ClNO4S/c1-2-33-24-17-22(16-23(29)26(24)34-19-21-12-7-4-8-13-21)18-25-27(31)30(28(32)35-25)15-9-14-20-10-5-3-6-11-20/h3-8,10-13,16-18H,2,9,14-15,19H2,1H3/b25-18+. The minimum absolute atomic E-state index is 0.256. The Morgan fingerprint density at radius 2 is 1.63 bits per heavy atom. The van der Waals surface area contributed by atoms with Crippen molar-refractivity contribution in [1.29, 1.82) is 0 Å². The molecule has 0 saturated carbocycles. The molecule has 1 aliphatic heterocycles. The van der Waals surface area contributed by atoms with E-state index in [1.165, 1.54) is 10.5 Å². The molecule has 180 valence electrons. The number of carbonyl (C=O) groups excluding carboxylic acids is 2. The van der Waals surface area contributed by atoms with Crippen LogP contribution in [0.2, 0.25) is 5.02 Å². The molecular formula is C28H26ClNO4S. The summed E-state index contributed by atoms with van der Waals surface area (Å²) in [5.41, 5.74) is 2.86. The number of benzene rings is 3. The third-order valence-corrected chi connectivity index (χ3v) is 6.61. The fourth-order valence-corrected chi connectivity index (χ4v) is 4.87. The maximum atomic E-state index is 12.9. The maximum Gasteiger partial charge on any atom is 0.293 e. The Balaban J connectivity index is 1.46. The first-order valence-electron chi connectivity index (χ1n) is 11.5. The highest BCUT2D eigenvalue weighted by Gasteiger charge is 2.34. The second-order valence-corrected chi connectivity index (χ2v) is 9.36. The average Bonchev–Trinajstić information content (AvgIpc) is 3.12. The van der Waals surface area contributed by atoms with E-state index >= 15 is 0 Å². The van der Waals surface area contributed by atoms with Gasteiger partial charge in [0.15, 0.2) is 11.5 Å². The molecule has 0 atom stereocenters. The van der Waals surface area contributed by atoms with E-state index in [9.17, 15) is 9.59 Å². The van der Waals surface area contributed by atoms with E-state index < -0.39 is 0 Å². The van der Waals surface area contributed by atoms with Gasteiger partial charge in [0.25, 0.3) is 11.1 Å². The summed E-state index contributed by atoms with van der Waals surface area (Å²) in [5.74, 6) is 0.652. The Morgan fingerprint density at radius 1 is 0.943 bits per heavy atom. The highest BCUT2D eigenvalue weighted by molar-refractivity contribution is 8.18. The van der Waals surface area contributed by atoms with Gasteiger partial charge in [-0.25, -0.2) is 0 Å². The van der Waals surface area contributed by atoms with Crippen molar-refractivity contribution in [2.24, 2.45) is 0 Å². The molecule has 1 heterocycles. The number of rotatable bonds is 10. The number of hydrogen-bond donors (Lipinski definition) is 0. The topological polar surface area (TPSA) is 55.8 Å². The summed E-state index contributed by atoms with van der Waals surface area (Å²) in [6, 6.07) is 23.3. The van der Waals surface area contributed by atoms with Crippen LogP contribution in [0.4, 0.5) is 4.79 Å². The third-order valence-electron chi connectivity index (χ3n) is 5.42. The average molecular weight is 508 g/mol. The molecule has 1 saturated heterocycles. The molecule has 0 bridgehead atoms. The number of hydrogen-bond acceptors (Lipinski definition) is 5. The largest absolute Gasteiger partial charge is 0.490 e. The zero-order chi connectivity index (χ0) is 24.6.